The zero-order valence-corrected chi connectivity index (χ0v) is 15.7. The van der Waals surface area contributed by atoms with Gasteiger partial charge in [0.15, 0.2) is 0 Å². The molecule has 0 bridgehead atoms. The molecule has 0 saturated heterocycles. The molecule has 1 saturated carbocycles. The summed E-state index contributed by atoms with van der Waals surface area (Å²) in [5, 5.41) is 5.54. The highest BCUT2D eigenvalue weighted by Crippen LogP contribution is 2.17. The Morgan fingerprint density at radius 2 is 1.89 bits per heavy atom. The van der Waals surface area contributed by atoms with Crippen LogP contribution >= 0.6 is 0 Å². The lowest BCUT2D eigenvalue weighted by Gasteiger charge is -2.14. The molecule has 0 spiro atoms. The van der Waals surface area contributed by atoms with Crippen LogP contribution in [-0.2, 0) is 17.9 Å². The number of aryl methyl sites for hydroxylation is 1. The molecular formula is C20H23FN4O3. The van der Waals surface area contributed by atoms with Gasteiger partial charge in [-0.1, -0.05) is 25.0 Å². The summed E-state index contributed by atoms with van der Waals surface area (Å²) in [4.78, 5) is 41.4. The number of nitrogens with zero attached hydrogens (tertiary/aromatic N) is 2. The third kappa shape index (κ3) is 4.82. The Balaban J connectivity index is 1.66. The topological polar surface area (TPSA) is 93.1 Å². The van der Waals surface area contributed by atoms with Gasteiger partial charge in [0.25, 0.3) is 11.5 Å². The summed E-state index contributed by atoms with van der Waals surface area (Å²) < 4.78 is 14.1. The lowest BCUT2D eigenvalue weighted by molar-refractivity contribution is -0.121. The Bertz CT molecular complexity index is 918. The van der Waals surface area contributed by atoms with Gasteiger partial charge in [-0.2, -0.15) is 0 Å². The highest BCUT2D eigenvalue weighted by molar-refractivity contribution is 5.93. The van der Waals surface area contributed by atoms with Crippen LogP contribution in [0.5, 0.6) is 0 Å². The predicted molar refractivity (Wildman–Crippen MR) is 101 cm³/mol. The predicted octanol–water partition coefficient (Wildman–Crippen LogP) is 1.68. The number of amides is 2. The molecule has 1 aromatic heterocycles. The van der Waals surface area contributed by atoms with Gasteiger partial charge in [-0.05, 0) is 37.5 Å². The summed E-state index contributed by atoms with van der Waals surface area (Å²) in [6.45, 7) is 1.57. The molecule has 1 heterocycles. The van der Waals surface area contributed by atoms with Crippen molar-refractivity contribution in [2.45, 2.75) is 51.7 Å². The number of hydrogen-bond donors (Lipinski definition) is 2. The molecule has 2 amide bonds. The van der Waals surface area contributed by atoms with Gasteiger partial charge in [-0.3, -0.25) is 19.0 Å². The number of aromatic nitrogens is 2. The van der Waals surface area contributed by atoms with Gasteiger partial charge in [0.2, 0.25) is 5.91 Å². The average molecular weight is 386 g/mol. The Labute approximate surface area is 162 Å². The molecule has 3 rings (SSSR count). The summed E-state index contributed by atoms with van der Waals surface area (Å²) in [5.74, 6) is -0.857. The second-order valence-corrected chi connectivity index (χ2v) is 6.97. The van der Waals surface area contributed by atoms with E-state index in [1.807, 2.05) is 0 Å². The zero-order valence-electron chi connectivity index (χ0n) is 15.7. The first-order valence-electron chi connectivity index (χ1n) is 9.32. The van der Waals surface area contributed by atoms with Crippen LogP contribution in [0.4, 0.5) is 4.39 Å². The number of halogens is 1. The van der Waals surface area contributed by atoms with Crippen molar-refractivity contribution in [1.29, 1.82) is 0 Å². The van der Waals surface area contributed by atoms with E-state index in [9.17, 15) is 18.8 Å². The second-order valence-electron chi connectivity index (χ2n) is 6.97. The maximum atomic E-state index is 12.9. The standard InChI is InChI=1S/C20H23FN4O3/c1-13-22-11-17(19(27)24-16-4-2-3-5-16)20(28)25(13)12-18(26)23-10-14-6-8-15(21)9-7-14/h6-9,11,16H,2-5,10,12H2,1H3,(H,23,26)(H,24,27). The van der Waals surface area contributed by atoms with E-state index in [-0.39, 0.29) is 30.5 Å². The number of hydrogen-bond acceptors (Lipinski definition) is 4. The number of nitrogens with one attached hydrogen (secondary N) is 2. The molecule has 7 nitrogen and oxygen atoms in total. The van der Waals surface area contributed by atoms with E-state index in [0.29, 0.717) is 5.82 Å². The van der Waals surface area contributed by atoms with Crippen LogP contribution in [0, 0.1) is 12.7 Å². The summed E-state index contributed by atoms with van der Waals surface area (Å²) in [5.41, 5.74) is 0.130. The quantitative estimate of drug-likeness (QED) is 0.790. The minimum absolute atomic E-state index is 0.0659. The van der Waals surface area contributed by atoms with E-state index in [1.54, 1.807) is 19.1 Å². The van der Waals surface area contributed by atoms with Crippen molar-refractivity contribution < 1.29 is 14.0 Å². The number of carbonyl (C=O) groups is 2. The smallest absolute Gasteiger partial charge is 0.266 e. The molecule has 1 fully saturated rings. The zero-order chi connectivity index (χ0) is 20.1. The Morgan fingerprint density at radius 1 is 1.21 bits per heavy atom. The van der Waals surface area contributed by atoms with E-state index in [2.05, 4.69) is 15.6 Å². The van der Waals surface area contributed by atoms with E-state index in [1.165, 1.54) is 22.9 Å². The van der Waals surface area contributed by atoms with Crippen molar-refractivity contribution in [2.75, 3.05) is 0 Å². The van der Waals surface area contributed by atoms with Gasteiger partial charge in [0.05, 0.1) is 0 Å². The van der Waals surface area contributed by atoms with Crippen LogP contribution < -0.4 is 16.2 Å². The highest BCUT2D eigenvalue weighted by atomic mass is 19.1. The van der Waals surface area contributed by atoms with Crippen LogP contribution in [0.15, 0.2) is 35.3 Å². The minimum atomic E-state index is -0.542. The van der Waals surface area contributed by atoms with E-state index < -0.39 is 17.4 Å². The third-order valence-corrected chi connectivity index (χ3v) is 4.89. The largest absolute Gasteiger partial charge is 0.350 e. The van der Waals surface area contributed by atoms with Gasteiger partial charge in [-0.15, -0.1) is 0 Å². The number of benzene rings is 1. The molecule has 0 aliphatic heterocycles. The van der Waals surface area contributed by atoms with Gasteiger partial charge in [0.1, 0.15) is 23.7 Å². The number of rotatable bonds is 6. The fraction of sp³-hybridized carbons (Fsp3) is 0.400. The van der Waals surface area contributed by atoms with Gasteiger partial charge in [0, 0.05) is 18.8 Å². The monoisotopic (exact) mass is 386 g/mol. The first kappa shape index (κ1) is 19.7. The minimum Gasteiger partial charge on any atom is -0.350 e. The molecule has 28 heavy (non-hydrogen) atoms. The molecule has 0 radical (unpaired) electrons. The molecule has 148 valence electrons. The summed E-state index contributed by atoms with van der Waals surface area (Å²) >= 11 is 0. The van der Waals surface area contributed by atoms with Crippen LogP contribution in [0.2, 0.25) is 0 Å². The molecule has 2 N–H and O–H groups in total. The van der Waals surface area contributed by atoms with E-state index in [0.717, 1.165) is 31.2 Å². The number of carbonyl (C=O) groups excluding carboxylic acids is 2. The Morgan fingerprint density at radius 3 is 2.57 bits per heavy atom. The van der Waals surface area contributed by atoms with Crippen LogP contribution in [0.25, 0.3) is 0 Å². The van der Waals surface area contributed by atoms with Crippen molar-refractivity contribution in [3.05, 3.63) is 63.6 Å². The summed E-state index contributed by atoms with van der Waals surface area (Å²) in [6.07, 6.45) is 5.20. The lowest BCUT2D eigenvalue weighted by atomic mass is 10.2. The highest BCUT2D eigenvalue weighted by Gasteiger charge is 2.21. The van der Waals surface area contributed by atoms with E-state index in [4.69, 9.17) is 0 Å². The van der Waals surface area contributed by atoms with Crippen molar-refractivity contribution in [3.63, 3.8) is 0 Å². The fourth-order valence-corrected chi connectivity index (χ4v) is 3.25. The molecule has 0 unspecified atom stereocenters. The average Bonchev–Trinajstić information content (AvgIpc) is 3.17. The maximum absolute atomic E-state index is 12.9. The molecule has 0 atom stereocenters. The second kappa shape index (κ2) is 8.77. The normalized spacial score (nSPS) is 14.1. The first-order valence-corrected chi connectivity index (χ1v) is 9.32. The Kier molecular flexibility index (Phi) is 6.18. The molecule has 8 heteroatoms. The summed E-state index contributed by atoms with van der Waals surface area (Å²) in [7, 11) is 0. The Hall–Kier alpha value is -3.03. The SMILES string of the molecule is Cc1ncc(C(=O)NC2CCCC2)c(=O)n1CC(=O)NCc1ccc(F)cc1. The van der Waals surface area contributed by atoms with Crippen molar-refractivity contribution >= 4 is 11.8 Å². The molecule has 1 aliphatic carbocycles. The van der Waals surface area contributed by atoms with Gasteiger partial charge >= 0.3 is 0 Å². The van der Waals surface area contributed by atoms with Gasteiger partial charge in [-0.25, -0.2) is 9.37 Å². The summed E-state index contributed by atoms with van der Waals surface area (Å²) in [6, 6.07) is 5.85. The first-order chi connectivity index (χ1) is 13.4. The van der Waals surface area contributed by atoms with Crippen molar-refractivity contribution in [3.8, 4) is 0 Å². The van der Waals surface area contributed by atoms with Crippen LogP contribution in [0.3, 0.4) is 0 Å². The van der Waals surface area contributed by atoms with Gasteiger partial charge < -0.3 is 10.6 Å². The molecular weight excluding hydrogens is 363 g/mol. The van der Waals surface area contributed by atoms with E-state index >= 15 is 0 Å². The molecule has 1 aromatic carbocycles. The lowest BCUT2D eigenvalue weighted by Crippen LogP contribution is -2.40. The van der Waals surface area contributed by atoms with Crippen molar-refractivity contribution in [1.82, 2.24) is 20.2 Å². The fourth-order valence-electron chi connectivity index (χ4n) is 3.25. The maximum Gasteiger partial charge on any atom is 0.266 e. The third-order valence-electron chi connectivity index (χ3n) is 4.89. The molecule has 1 aliphatic rings. The van der Waals surface area contributed by atoms with Crippen LogP contribution in [-0.4, -0.2) is 27.4 Å². The van der Waals surface area contributed by atoms with Crippen LogP contribution in [0.1, 0.15) is 47.4 Å². The van der Waals surface area contributed by atoms with Crippen molar-refractivity contribution in [2.24, 2.45) is 0 Å². The molecule has 2 aromatic rings.